The number of ether oxygens (including phenoxy) is 2. The lowest BCUT2D eigenvalue weighted by atomic mass is 10.2. The summed E-state index contributed by atoms with van der Waals surface area (Å²) in [6.07, 6.45) is 1.69. The van der Waals surface area contributed by atoms with Gasteiger partial charge in [-0.3, -0.25) is 4.79 Å². The summed E-state index contributed by atoms with van der Waals surface area (Å²) in [6.45, 7) is 0. The monoisotopic (exact) mass is 384 g/mol. The van der Waals surface area contributed by atoms with Crippen LogP contribution in [0.1, 0.15) is 10.4 Å². The molecule has 0 saturated heterocycles. The normalized spacial score (nSPS) is 9.95. The third kappa shape index (κ3) is 3.38. The van der Waals surface area contributed by atoms with E-state index in [1.54, 1.807) is 37.6 Å². The zero-order chi connectivity index (χ0) is 14.5. The number of nitrogens with zero attached hydrogens (tertiary/aromatic N) is 1. The highest BCUT2D eigenvalue weighted by atomic mass is 127. The van der Waals surface area contributed by atoms with Crippen molar-refractivity contribution in [3.8, 4) is 11.5 Å². The molecular formula is C14H13IN2O3. The molecule has 1 heterocycles. The lowest BCUT2D eigenvalue weighted by Crippen LogP contribution is -2.13. The Morgan fingerprint density at radius 1 is 1.15 bits per heavy atom. The van der Waals surface area contributed by atoms with Crippen LogP contribution in [0.4, 0.5) is 5.82 Å². The van der Waals surface area contributed by atoms with Gasteiger partial charge in [-0.15, -0.1) is 0 Å². The van der Waals surface area contributed by atoms with Crippen LogP contribution >= 0.6 is 22.6 Å². The minimum Gasteiger partial charge on any atom is -0.493 e. The van der Waals surface area contributed by atoms with Gasteiger partial charge in [0, 0.05) is 15.3 Å². The maximum Gasteiger partial charge on any atom is 0.256 e. The van der Waals surface area contributed by atoms with Crippen LogP contribution in [0.25, 0.3) is 0 Å². The van der Waals surface area contributed by atoms with Crippen molar-refractivity contribution in [3.05, 3.63) is 45.7 Å². The average Bonchev–Trinajstić information content (AvgIpc) is 2.48. The standard InChI is InChI=1S/C14H13IN2O3/c1-19-11-5-3-9(7-12(11)20-2)14(18)17-13-6-4-10(15)8-16-13/h3-8H,1-2H3,(H,16,17,18). The highest BCUT2D eigenvalue weighted by Gasteiger charge is 2.11. The van der Waals surface area contributed by atoms with Crippen LogP contribution in [0.2, 0.25) is 0 Å². The topological polar surface area (TPSA) is 60.5 Å². The quantitative estimate of drug-likeness (QED) is 0.824. The minimum absolute atomic E-state index is 0.250. The number of anilines is 1. The molecule has 0 atom stereocenters. The summed E-state index contributed by atoms with van der Waals surface area (Å²) in [5.41, 5.74) is 0.475. The Labute approximate surface area is 130 Å². The number of carbonyl (C=O) groups is 1. The molecule has 2 aromatic rings. The fourth-order valence-electron chi connectivity index (χ4n) is 1.62. The summed E-state index contributed by atoms with van der Waals surface area (Å²) >= 11 is 2.15. The predicted octanol–water partition coefficient (Wildman–Crippen LogP) is 2.96. The fourth-order valence-corrected chi connectivity index (χ4v) is 1.93. The number of pyridine rings is 1. The van der Waals surface area contributed by atoms with E-state index in [1.165, 1.54) is 7.11 Å². The van der Waals surface area contributed by atoms with E-state index in [4.69, 9.17) is 9.47 Å². The van der Waals surface area contributed by atoms with Crippen molar-refractivity contribution in [1.82, 2.24) is 4.98 Å². The molecule has 1 aromatic heterocycles. The Morgan fingerprint density at radius 3 is 2.50 bits per heavy atom. The Balaban J connectivity index is 2.18. The van der Waals surface area contributed by atoms with Gasteiger partial charge in [-0.1, -0.05) is 0 Å². The molecule has 0 bridgehead atoms. The van der Waals surface area contributed by atoms with E-state index in [1.807, 2.05) is 6.07 Å². The van der Waals surface area contributed by atoms with Gasteiger partial charge in [0.15, 0.2) is 11.5 Å². The summed E-state index contributed by atoms with van der Waals surface area (Å²) in [6, 6.07) is 8.61. The van der Waals surface area contributed by atoms with Gasteiger partial charge in [0.05, 0.1) is 14.2 Å². The van der Waals surface area contributed by atoms with Crippen molar-refractivity contribution in [1.29, 1.82) is 0 Å². The van der Waals surface area contributed by atoms with Crippen LogP contribution in [-0.2, 0) is 0 Å². The molecule has 0 aliphatic heterocycles. The molecule has 5 nitrogen and oxygen atoms in total. The molecular weight excluding hydrogens is 371 g/mol. The Kier molecular flexibility index (Phi) is 4.78. The number of halogens is 1. The van der Waals surface area contributed by atoms with E-state index in [-0.39, 0.29) is 5.91 Å². The first kappa shape index (κ1) is 14.6. The number of rotatable bonds is 4. The number of hydrogen-bond donors (Lipinski definition) is 1. The smallest absolute Gasteiger partial charge is 0.256 e. The molecule has 1 N–H and O–H groups in total. The second-order valence-electron chi connectivity index (χ2n) is 3.89. The van der Waals surface area contributed by atoms with Gasteiger partial charge in [-0.05, 0) is 52.9 Å². The number of carbonyl (C=O) groups excluding carboxylic acids is 1. The molecule has 1 amide bonds. The second-order valence-corrected chi connectivity index (χ2v) is 5.13. The maximum atomic E-state index is 12.1. The van der Waals surface area contributed by atoms with Gasteiger partial charge in [-0.2, -0.15) is 0 Å². The molecule has 0 aliphatic carbocycles. The Morgan fingerprint density at radius 2 is 1.90 bits per heavy atom. The summed E-state index contributed by atoms with van der Waals surface area (Å²) in [7, 11) is 3.08. The number of nitrogens with one attached hydrogen (secondary N) is 1. The Bertz CT molecular complexity index is 614. The zero-order valence-electron chi connectivity index (χ0n) is 11.0. The molecule has 2 rings (SSSR count). The van der Waals surface area contributed by atoms with Crippen molar-refractivity contribution in [3.63, 3.8) is 0 Å². The first-order valence-corrected chi connectivity index (χ1v) is 6.87. The molecule has 0 radical (unpaired) electrons. The summed E-state index contributed by atoms with van der Waals surface area (Å²) in [4.78, 5) is 16.2. The maximum absolute atomic E-state index is 12.1. The third-order valence-corrected chi connectivity index (χ3v) is 3.25. The van der Waals surface area contributed by atoms with Gasteiger partial charge in [0.25, 0.3) is 5.91 Å². The van der Waals surface area contributed by atoms with Crippen molar-refractivity contribution in [2.45, 2.75) is 0 Å². The second kappa shape index (κ2) is 6.56. The highest BCUT2D eigenvalue weighted by molar-refractivity contribution is 14.1. The van der Waals surface area contributed by atoms with E-state index < -0.39 is 0 Å². The van der Waals surface area contributed by atoms with Gasteiger partial charge < -0.3 is 14.8 Å². The molecule has 0 unspecified atom stereocenters. The number of aromatic nitrogens is 1. The van der Waals surface area contributed by atoms with Crippen molar-refractivity contribution in [2.75, 3.05) is 19.5 Å². The molecule has 104 valence electrons. The SMILES string of the molecule is COc1ccc(C(=O)Nc2ccc(I)cn2)cc1OC. The fraction of sp³-hybridized carbons (Fsp3) is 0.143. The van der Waals surface area contributed by atoms with Crippen LogP contribution in [0.5, 0.6) is 11.5 Å². The van der Waals surface area contributed by atoms with Crippen molar-refractivity contribution < 1.29 is 14.3 Å². The van der Waals surface area contributed by atoms with Crippen LogP contribution in [0.3, 0.4) is 0 Å². The lowest BCUT2D eigenvalue weighted by molar-refractivity contribution is 0.102. The summed E-state index contributed by atoms with van der Waals surface area (Å²) in [5, 5.41) is 2.72. The molecule has 1 aromatic carbocycles. The summed E-state index contributed by atoms with van der Waals surface area (Å²) < 4.78 is 11.3. The van der Waals surface area contributed by atoms with Crippen LogP contribution in [-0.4, -0.2) is 25.1 Å². The van der Waals surface area contributed by atoms with Crippen molar-refractivity contribution in [2.24, 2.45) is 0 Å². The lowest BCUT2D eigenvalue weighted by Gasteiger charge is -2.09. The molecule has 0 fully saturated rings. The van der Waals surface area contributed by atoms with Crippen molar-refractivity contribution >= 4 is 34.3 Å². The molecule has 0 aliphatic rings. The molecule has 20 heavy (non-hydrogen) atoms. The minimum atomic E-state index is -0.250. The average molecular weight is 384 g/mol. The zero-order valence-corrected chi connectivity index (χ0v) is 13.2. The van der Waals surface area contributed by atoms with Gasteiger partial charge in [0.2, 0.25) is 0 Å². The van der Waals surface area contributed by atoms with Crippen LogP contribution in [0, 0.1) is 3.57 Å². The molecule has 0 spiro atoms. The number of amides is 1. The van der Waals surface area contributed by atoms with E-state index in [2.05, 4.69) is 32.9 Å². The first-order valence-electron chi connectivity index (χ1n) is 5.79. The molecule has 6 heteroatoms. The van der Waals surface area contributed by atoms with Gasteiger partial charge in [-0.25, -0.2) is 4.98 Å². The predicted molar refractivity (Wildman–Crippen MR) is 84.5 cm³/mol. The third-order valence-electron chi connectivity index (χ3n) is 2.61. The highest BCUT2D eigenvalue weighted by Crippen LogP contribution is 2.27. The van der Waals surface area contributed by atoms with E-state index in [9.17, 15) is 4.79 Å². The van der Waals surface area contributed by atoms with Crippen LogP contribution in [0.15, 0.2) is 36.5 Å². The van der Waals surface area contributed by atoms with Gasteiger partial charge >= 0.3 is 0 Å². The van der Waals surface area contributed by atoms with E-state index in [0.717, 1.165) is 3.57 Å². The van der Waals surface area contributed by atoms with Gasteiger partial charge in [0.1, 0.15) is 5.82 Å². The largest absolute Gasteiger partial charge is 0.493 e. The summed E-state index contributed by atoms with van der Waals surface area (Å²) in [5.74, 6) is 1.34. The first-order chi connectivity index (χ1) is 9.63. The number of benzene rings is 1. The van der Waals surface area contributed by atoms with E-state index in [0.29, 0.717) is 22.9 Å². The van der Waals surface area contributed by atoms with Crippen LogP contribution < -0.4 is 14.8 Å². The number of methoxy groups -OCH3 is 2. The number of hydrogen-bond acceptors (Lipinski definition) is 4. The molecule has 0 saturated carbocycles. The Hall–Kier alpha value is -1.83. The van der Waals surface area contributed by atoms with E-state index >= 15 is 0 Å².